The molecule has 1 saturated heterocycles. The number of guanidine groups is 1. The predicted molar refractivity (Wildman–Crippen MR) is 89.9 cm³/mol. The summed E-state index contributed by atoms with van der Waals surface area (Å²) < 4.78 is 0. The Kier molecular flexibility index (Phi) is 4.80. The van der Waals surface area contributed by atoms with Crippen molar-refractivity contribution in [3.8, 4) is 0 Å². The van der Waals surface area contributed by atoms with E-state index in [2.05, 4.69) is 45.1 Å². The van der Waals surface area contributed by atoms with Gasteiger partial charge in [-0.2, -0.15) is 0 Å². The highest BCUT2D eigenvalue weighted by Gasteiger charge is 2.31. The van der Waals surface area contributed by atoms with Gasteiger partial charge in [0, 0.05) is 30.6 Å². The molecule has 3 rings (SSSR count). The summed E-state index contributed by atoms with van der Waals surface area (Å²) in [5.74, 6) is 1.62. The first kappa shape index (κ1) is 14.9. The molecular weight excluding hydrogens is 280 g/mol. The summed E-state index contributed by atoms with van der Waals surface area (Å²) in [5, 5.41) is 9.20. The minimum atomic E-state index is 0.547. The Labute approximate surface area is 131 Å². The molecular formula is C16H26N4S. The van der Waals surface area contributed by atoms with Crippen LogP contribution in [0.3, 0.4) is 0 Å². The fourth-order valence-corrected chi connectivity index (χ4v) is 4.21. The van der Waals surface area contributed by atoms with Crippen molar-refractivity contribution in [1.82, 2.24) is 15.5 Å². The smallest absolute Gasteiger partial charge is 0.191 e. The highest BCUT2D eigenvalue weighted by Crippen LogP contribution is 2.36. The molecule has 2 unspecified atom stereocenters. The van der Waals surface area contributed by atoms with Crippen LogP contribution in [0.4, 0.5) is 0 Å². The van der Waals surface area contributed by atoms with Gasteiger partial charge in [-0.15, -0.1) is 11.3 Å². The molecule has 1 aromatic rings. The lowest BCUT2D eigenvalue weighted by Crippen LogP contribution is -2.45. The SMILES string of the molecule is CN=C(NCC1CCCN(C)C1c1cccs1)NC1CC1. The van der Waals surface area contributed by atoms with Crippen molar-refractivity contribution in [3.05, 3.63) is 22.4 Å². The topological polar surface area (TPSA) is 39.7 Å². The molecule has 1 saturated carbocycles. The number of likely N-dealkylation sites (tertiary alicyclic amines) is 1. The van der Waals surface area contributed by atoms with Crippen LogP contribution in [0.15, 0.2) is 22.5 Å². The zero-order valence-corrected chi connectivity index (χ0v) is 13.8. The third kappa shape index (κ3) is 3.77. The van der Waals surface area contributed by atoms with Gasteiger partial charge in [0.25, 0.3) is 0 Å². The van der Waals surface area contributed by atoms with E-state index in [0.29, 0.717) is 18.0 Å². The maximum atomic E-state index is 4.34. The van der Waals surface area contributed by atoms with Gasteiger partial charge in [0.2, 0.25) is 0 Å². The summed E-state index contributed by atoms with van der Waals surface area (Å²) >= 11 is 1.88. The van der Waals surface area contributed by atoms with Gasteiger partial charge in [0.1, 0.15) is 0 Å². The molecule has 1 aromatic heterocycles. The Morgan fingerprint density at radius 1 is 1.43 bits per heavy atom. The van der Waals surface area contributed by atoms with Crippen LogP contribution < -0.4 is 10.6 Å². The van der Waals surface area contributed by atoms with Gasteiger partial charge < -0.3 is 10.6 Å². The number of hydrogen-bond acceptors (Lipinski definition) is 3. The summed E-state index contributed by atoms with van der Waals surface area (Å²) in [6.07, 6.45) is 5.15. The maximum Gasteiger partial charge on any atom is 0.191 e. The fourth-order valence-electron chi connectivity index (χ4n) is 3.23. The normalized spacial score (nSPS) is 27.6. The largest absolute Gasteiger partial charge is 0.356 e. The fraction of sp³-hybridized carbons (Fsp3) is 0.688. The molecule has 4 nitrogen and oxygen atoms in total. The van der Waals surface area contributed by atoms with Gasteiger partial charge in [-0.1, -0.05) is 6.07 Å². The Morgan fingerprint density at radius 3 is 2.95 bits per heavy atom. The highest BCUT2D eigenvalue weighted by atomic mass is 32.1. The lowest BCUT2D eigenvalue weighted by molar-refractivity contribution is 0.125. The first-order valence-electron chi connectivity index (χ1n) is 7.98. The molecule has 0 bridgehead atoms. The van der Waals surface area contributed by atoms with Crippen LogP contribution in [0.1, 0.15) is 36.6 Å². The van der Waals surface area contributed by atoms with Crippen molar-refractivity contribution in [1.29, 1.82) is 0 Å². The molecule has 0 amide bonds. The second kappa shape index (κ2) is 6.79. The van der Waals surface area contributed by atoms with E-state index in [-0.39, 0.29) is 0 Å². The van der Waals surface area contributed by atoms with Crippen LogP contribution in [0, 0.1) is 5.92 Å². The molecule has 1 aliphatic carbocycles. The number of piperidine rings is 1. The van der Waals surface area contributed by atoms with Gasteiger partial charge in [0.15, 0.2) is 5.96 Å². The second-order valence-electron chi connectivity index (χ2n) is 6.21. The lowest BCUT2D eigenvalue weighted by atomic mass is 9.88. The predicted octanol–water partition coefficient (Wildman–Crippen LogP) is 2.46. The Balaban J connectivity index is 1.61. The van der Waals surface area contributed by atoms with Crippen LogP contribution in [0.25, 0.3) is 0 Å². The van der Waals surface area contributed by atoms with Gasteiger partial charge in [-0.05, 0) is 56.6 Å². The zero-order chi connectivity index (χ0) is 14.7. The van der Waals surface area contributed by atoms with Crippen LogP contribution >= 0.6 is 11.3 Å². The Hall–Kier alpha value is -1.07. The van der Waals surface area contributed by atoms with Crippen LogP contribution in [0.2, 0.25) is 0 Å². The average Bonchev–Trinajstić information content (AvgIpc) is 3.15. The standard InChI is InChI=1S/C16H26N4S/c1-17-16(19-13-7-8-13)18-11-12-5-3-9-20(2)15(12)14-6-4-10-21-14/h4,6,10,12-13,15H,3,5,7-9,11H2,1-2H3,(H2,17,18,19). The third-order valence-electron chi connectivity index (χ3n) is 4.52. The summed E-state index contributed by atoms with van der Waals surface area (Å²) in [6.45, 7) is 2.20. The molecule has 2 fully saturated rings. The van der Waals surface area contributed by atoms with E-state index in [4.69, 9.17) is 0 Å². The summed E-state index contributed by atoms with van der Waals surface area (Å²) in [7, 11) is 4.12. The van der Waals surface area contributed by atoms with E-state index in [1.807, 2.05) is 18.4 Å². The minimum absolute atomic E-state index is 0.547. The monoisotopic (exact) mass is 306 g/mol. The molecule has 0 spiro atoms. The van der Waals surface area contributed by atoms with Crippen molar-refractivity contribution in [2.75, 3.05) is 27.2 Å². The molecule has 2 atom stereocenters. The number of aliphatic imine (C=N–C) groups is 1. The van der Waals surface area contributed by atoms with E-state index in [9.17, 15) is 0 Å². The maximum absolute atomic E-state index is 4.34. The second-order valence-corrected chi connectivity index (χ2v) is 7.19. The van der Waals surface area contributed by atoms with E-state index in [1.165, 1.54) is 37.1 Å². The van der Waals surface area contributed by atoms with Crippen molar-refractivity contribution >= 4 is 17.3 Å². The van der Waals surface area contributed by atoms with Crippen molar-refractivity contribution in [2.24, 2.45) is 10.9 Å². The molecule has 2 N–H and O–H groups in total. The summed E-state index contributed by atoms with van der Waals surface area (Å²) in [4.78, 5) is 8.35. The lowest BCUT2D eigenvalue weighted by Gasteiger charge is -2.39. The van der Waals surface area contributed by atoms with Gasteiger partial charge in [-0.3, -0.25) is 9.89 Å². The average molecular weight is 306 g/mol. The number of thiophene rings is 1. The Bertz CT molecular complexity index is 467. The van der Waals surface area contributed by atoms with E-state index in [1.54, 1.807) is 0 Å². The van der Waals surface area contributed by atoms with E-state index < -0.39 is 0 Å². The first-order chi connectivity index (χ1) is 10.3. The number of rotatable bonds is 4. The molecule has 0 aromatic carbocycles. The third-order valence-corrected chi connectivity index (χ3v) is 5.46. The molecule has 21 heavy (non-hydrogen) atoms. The zero-order valence-electron chi connectivity index (χ0n) is 13.0. The van der Waals surface area contributed by atoms with Crippen LogP contribution in [0.5, 0.6) is 0 Å². The van der Waals surface area contributed by atoms with Gasteiger partial charge in [0.05, 0.1) is 0 Å². The molecule has 0 radical (unpaired) electrons. The van der Waals surface area contributed by atoms with Gasteiger partial charge in [-0.25, -0.2) is 0 Å². The number of nitrogens with zero attached hydrogens (tertiary/aromatic N) is 2. The van der Waals surface area contributed by atoms with Crippen LogP contribution in [-0.2, 0) is 0 Å². The Morgan fingerprint density at radius 2 is 2.29 bits per heavy atom. The molecule has 1 aliphatic heterocycles. The van der Waals surface area contributed by atoms with Gasteiger partial charge >= 0.3 is 0 Å². The molecule has 116 valence electrons. The number of nitrogens with one attached hydrogen (secondary N) is 2. The molecule has 2 heterocycles. The summed E-state index contributed by atoms with van der Waals surface area (Å²) in [6, 6.07) is 5.64. The minimum Gasteiger partial charge on any atom is -0.356 e. The number of hydrogen-bond donors (Lipinski definition) is 2. The quantitative estimate of drug-likeness (QED) is 0.663. The molecule has 5 heteroatoms. The van der Waals surface area contributed by atoms with E-state index >= 15 is 0 Å². The van der Waals surface area contributed by atoms with Crippen molar-refractivity contribution in [2.45, 2.75) is 37.8 Å². The highest BCUT2D eigenvalue weighted by molar-refractivity contribution is 7.10. The first-order valence-corrected chi connectivity index (χ1v) is 8.86. The van der Waals surface area contributed by atoms with Crippen LogP contribution in [-0.4, -0.2) is 44.1 Å². The molecule has 2 aliphatic rings. The van der Waals surface area contributed by atoms with E-state index in [0.717, 1.165) is 12.5 Å². The summed E-state index contributed by atoms with van der Waals surface area (Å²) in [5.41, 5.74) is 0. The van der Waals surface area contributed by atoms with Crippen molar-refractivity contribution < 1.29 is 0 Å². The van der Waals surface area contributed by atoms with Crippen molar-refractivity contribution in [3.63, 3.8) is 0 Å².